The third-order valence-corrected chi connectivity index (χ3v) is 4.43. The summed E-state index contributed by atoms with van der Waals surface area (Å²) in [6.45, 7) is 4.65. The van der Waals surface area contributed by atoms with Gasteiger partial charge in [0.1, 0.15) is 5.58 Å². The van der Waals surface area contributed by atoms with E-state index < -0.39 is 18.5 Å². The van der Waals surface area contributed by atoms with Gasteiger partial charge in [0, 0.05) is 29.7 Å². The fourth-order valence-corrected chi connectivity index (χ4v) is 2.87. The minimum atomic E-state index is -0.712. The minimum absolute atomic E-state index is 0.0401. The number of carbonyl (C=O) groups is 3. The summed E-state index contributed by atoms with van der Waals surface area (Å²) in [7, 11) is 0. The second-order valence-electron chi connectivity index (χ2n) is 6.33. The molecule has 0 aliphatic heterocycles. The summed E-state index contributed by atoms with van der Waals surface area (Å²) in [6.07, 6.45) is 0. The Morgan fingerprint density at radius 1 is 1.00 bits per heavy atom. The highest BCUT2D eigenvalue weighted by molar-refractivity contribution is 5.97. The maximum atomic E-state index is 12.3. The van der Waals surface area contributed by atoms with Crippen molar-refractivity contribution in [3.63, 3.8) is 0 Å². The Balaban J connectivity index is 1.53. The monoisotopic (exact) mass is 394 g/mol. The number of ether oxygens (including phenoxy) is 1. The molecule has 1 heterocycles. The number of para-hydroxylation sites is 1. The van der Waals surface area contributed by atoms with Crippen LogP contribution in [0.25, 0.3) is 11.0 Å². The summed E-state index contributed by atoms with van der Waals surface area (Å²) in [6, 6.07) is 15.3. The van der Waals surface area contributed by atoms with Crippen LogP contribution in [-0.4, -0.2) is 42.4 Å². The summed E-state index contributed by atoms with van der Waals surface area (Å²) < 4.78 is 10.4. The number of nitrogens with one attached hydrogen (secondary N) is 1. The molecule has 3 aromatic rings. The van der Waals surface area contributed by atoms with Gasteiger partial charge in [0.25, 0.3) is 11.8 Å². The summed E-state index contributed by atoms with van der Waals surface area (Å²) in [5, 5.41) is 3.41. The molecule has 0 aliphatic rings. The minimum Gasteiger partial charge on any atom is -0.450 e. The predicted molar refractivity (Wildman–Crippen MR) is 109 cm³/mol. The molecule has 1 aromatic heterocycles. The number of carbonyl (C=O) groups excluding carboxylic acids is 3. The second-order valence-corrected chi connectivity index (χ2v) is 6.33. The van der Waals surface area contributed by atoms with Crippen molar-refractivity contribution in [2.75, 3.05) is 25.0 Å². The van der Waals surface area contributed by atoms with Gasteiger partial charge in [-0.2, -0.15) is 0 Å². The normalized spacial score (nSPS) is 10.6. The lowest BCUT2D eigenvalue weighted by atomic mass is 10.2. The smallest absolute Gasteiger partial charge is 0.374 e. The molecule has 7 nitrogen and oxygen atoms in total. The molecule has 1 N–H and O–H groups in total. The maximum Gasteiger partial charge on any atom is 0.374 e. The number of esters is 1. The van der Waals surface area contributed by atoms with Crippen molar-refractivity contribution >= 4 is 34.4 Å². The number of anilines is 1. The first-order valence-electron chi connectivity index (χ1n) is 9.36. The van der Waals surface area contributed by atoms with Crippen LogP contribution >= 0.6 is 0 Å². The standard InChI is InChI=1S/C22H22N2O5/c1-3-24(4-2)21(26)15-9-11-17(12-10-15)23-20(25)14-28-22(27)19-13-16-7-5-6-8-18(16)29-19/h5-13H,3-4,14H2,1-2H3,(H,23,25). The third kappa shape index (κ3) is 4.82. The molecule has 0 atom stereocenters. The van der Waals surface area contributed by atoms with E-state index in [0.717, 1.165) is 5.39 Å². The van der Waals surface area contributed by atoms with Gasteiger partial charge in [-0.1, -0.05) is 18.2 Å². The van der Waals surface area contributed by atoms with Crippen LogP contribution in [0.4, 0.5) is 5.69 Å². The molecule has 2 amide bonds. The predicted octanol–water partition coefficient (Wildman–Crippen LogP) is 3.71. The van der Waals surface area contributed by atoms with E-state index in [9.17, 15) is 14.4 Å². The highest BCUT2D eigenvalue weighted by Crippen LogP contribution is 2.19. The number of furan rings is 1. The molecule has 0 radical (unpaired) electrons. The molecule has 0 saturated carbocycles. The van der Waals surface area contributed by atoms with Crippen molar-refractivity contribution in [3.8, 4) is 0 Å². The van der Waals surface area contributed by atoms with E-state index in [1.807, 2.05) is 26.0 Å². The van der Waals surface area contributed by atoms with Crippen LogP contribution in [0.1, 0.15) is 34.8 Å². The zero-order valence-corrected chi connectivity index (χ0v) is 16.3. The molecule has 2 aromatic carbocycles. The Kier molecular flexibility index (Phi) is 6.29. The van der Waals surface area contributed by atoms with Gasteiger partial charge in [-0.05, 0) is 50.2 Å². The van der Waals surface area contributed by atoms with Gasteiger partial charge < -0.3 is 19.4 Å². The zero-order valence-electron chi connectivity index (χ0n) is 16.3. The average molecular weight is 394 g/mol. The van der Waals surface area contributed by atoms with Crippen LogP contribution in [0.5, 0.6) is 0 Å². The third-order valence-electron chi connectivity index (χ3n) is 4.43. The highest BCUT2D eigenvalue weighted by Gasteiger charge is 2.16. The molecular formula is C22H22N2O5. The quantitative estimate of drug-likeness (QED) is 0.617. The van der Waals surface area contributed by atoms with Crippen LogP contribution in [0.2, 0.25) is 0 Å². The number of rotatable bonds is 7. The summed E-state index contributed by atoms with van der Waals surface area (Å²) >= 11 is 0. The highest BCUT2D eigenvalue weighted by atomic mass is 16.5. The Bertz CT molecular complexity index is 986. The molecule has 0 aliphatic carbocycles. The van der Waals surface area contributed by atoms with Crippen LogP contribution in [0.3, 0.4) is 0 Å². The van der Waals surface area contributed by atoms with Gasteiger partial charge >= 0.3 is 5.97 Å². The van der Waals surface area contributed by atoms with Crippen molar-refractivity contribution in [1.29, 1.82) is 0 Å². The van der Waals surface area contributed by atoms with Crippen LogP contribution in [-0.2, 0) is 9.53 Å². The topological polar surface area (TPSA) is 88.9 Å². The fraction of sp³-hybridized carbons (Fsp3) is 0.227. The van der Waals surface area contributed by atoms with E-state index in [0.29, 0.717) is 29.9 Å². The van der Waals surface area contributed by atoms with Gasteiger partial charge in [0.2, 0.25) is 5.76 Å². The molecule has 3 rings (SSSR count). The largest absolute Gasteiger partial charge is 0.450 e. The van der Waals surface area contributed by atoms with E-state index >= 15 is 0 Å². The van der Waals surface area contributed by atoms with E-state index in [4.69, 9.17) is 9.15 Å². The van der Waals surface area contributed by atoms with Crippen molar-refractivity contribution < 1.29 is 23.5 Å². The van der Waals surface area contributed by atoms with E-state index in [1.54, 1.807) is 47.4 Å². The Morgan fingerprint density at radius 2 is 1.69 bits per heavy atom. The first kappa shape index (κ1) is 20.1. The molecular weight excluding hydrogens is 372 g/mol. The first-order chi connectivity index (χ1) is 14.0. The second kappa shape index (κ2) is 9.05. The van der Waals surface area contributed by atoms with Gasteiger partial charge in [-0.3, -0.25) is 9.59 Å². The lowest BCUT2D eigenvalue weighted by molar-refractivity contribution is -0.119. The van der Waals surface area contributed by atoms with E-state index in [-0.39, 0.29) is 11.7 Å². The van der Waals surface area contributed by atoms with Crippen LogP contribution < -0.4 is 5.32 Å². The maximum absolute atomic E-state index is 12.3. The van der Waals surface area contributed by atoms with Crippen molar-refractivity contribution in [1.82, 2.24) is 4.90 Å². The first-order valence-corrected chi connectivity index (χ1v) is 9.36. The number of benzene rings is 2. The Labute approximate surface area is 168 Å². The van der Waals surface area contributed by atoms with Crippen LogP contribution in [0, 0.1) is 0 Å². The molecule has 0 saturated heterocycles. The molecule has 0 fully saturated rings. The van der Waals surface area contributed by atoms with Gasteiger partial charge in [0.15, 0.2) is 6.61 Å². The molecule has 0 bridgehead atoms. The van der Waals surface area contributed by atoms with Gasteiger partial charge in [-0.25, -0.2) is 4.79 Å². The van der Waals surface area contributed by atoms with Crippen molar-refractivity contribution in [2.24, 2.45) is 0 Å². The lowest BCUT2D eigenvalue weighted by Crippen LogP contribution is -2.30. The van der Waals surface area contributed by atoms with Crippen LogP contribution in [0.15, 0.2) is 59.0 Å². The number of hydrogen-bond acceptors (Lipinski definition) is 5. The number of fused-ring (bicyclic) bond motifs is 1. The number of nitrogens with zero attached hydrogens (tertiary/aromatic N) is 1. The molecule has 0 unspecified atom stereocenters. The Morgan fingerprint density at radius 3 is 2.34 bits per heavy atom. The summed E-state index contributed by atoms with van der Waals surface area (Å²) in [5.41, 5.74) is 1.62. The van der Waals surface area contributed by atoms with Crippen molar-refractivity contribution in [3.05, 3.63) is 65.9 Å². The lowest BCUT2D eigenvalue weighted by Gasteiger charge is -2.18. The number of amides is 2. The summed E-state index contributed by atoms with van der Waals surface area (Å²) in [4.78, 5) is 38.1. The van der Waals surface area contributed by atoms with E-state index in [1.165, 1.54) is 0 Å². The van der Waals surface area contributed by atoms with Crippen molar-refractivity contribution in [2.45, 2.75) is 13.8 Å². The number of hydrogen-bond donors (Lipinski definition) is 1. The van der Waals surface area contributed by atoms with E-state index in [2.05, 4.69) is 5.32 Å². The molecule has 150 valence electrons. The zero-order chi connectivity index (χ0) is 20.8. The van der Waals surface area contributed by atoms with Gasteiger partial charge in [-0.15, -0.1) is 0 Å². The SMILES string of the molecule is CCN(CC)C(=O)c1ccc(NC(=O)COC(=O)c2cc3ccccc3o2)cc1. The molecule has 29 heavy (non-hydrogen) atoms. The van der Waals surface area contributed by atoms with Gasteiger partial charge in [0.05, 0.1) is 0 Å². The molecule has 0 spiro atoms. The summed E-state index contributed by atoms with van der Waals surface area (Å²) in [5.74, 6) is -1.22. The Hall–Kier alpha value is -3.61. The fourth-order valence-electron chi connectivity index (χ4n) is 2.87. The average Bonchev–Trinajstić information content (AvgIpc) is 3.18. The molecule has 7 heteroatoms.